The first-order valence-electron chi connectivity index (χ1n) is 11.8. The molecular formula is C27H30ClN5O2. The topological polar surface area (TPSA) is 73.1 Å². The molecular weight excluding hydrogens is 462 g/mol. The van der Waals surface area contributed by atoms with Gasteiger partial charge in [0.2, 0.25) is 0 Å². The van der Waals surface area contributed by atoms with Crippen LogP contribution in [0.1, 0.15) is 47.6 Å². The average molecular weight is 492 g/mol. The van der Waals surface area contributed by atoms with Crippen LogP contribution in [0.4, 0.5) is 0 Å². The van der Waals surface area contributed by atoms with Gasteiger partial charge in [-0.2, -0.15) is 5.10 Å². The first-order chi connectivity index (χ1) is 16.8. The molecule has 0 fully saturated rings. The predicted molar refractivity (Wildman–Crippen MR) is 139 cm³/mol. The standard InChI is InChI=1S/C27H30ClN5O2/c1-6-12-35-24-11-9-19(14-22(24)28)26-30-23-10-8-17(3)13-21(23)25(31-26)27(34)32(5)16-20-15-29-33(7-2)18(20)4/h8-11,13-15H,6-7,12,16H2,1-5H3. The average Bonchev–Trinajstić information content (AvgIpc) is 3.21. The Balaban J connectivity index is 1.73. The van der Waals surface area contributed by atoms with E-state index in [1.165, 1.54) is 0 Å². The fourth-order valence-electron chi connectivity index (χ4n) is 3.97. The van der Waals surface area contributed by atoms with Crippen molar-refractivity contribution in [3.63, 3.8) is 0 Å². The van der Waals surface area contributed by atoms with Crippen LogP contribution in [0.25, 0.3) is 22.3 Å². The number of carbonyl (C=O) groups excluding carboxylic acids is 1. The van der Waals surface area contributed by atoms with Crippen LogP contribution in [-0.2, 0) is 13.1 Å². The summed E-state index contributed by atoms with van der Waals surface area (Å²) in [7, 11) is 1.78. The Labute approximate surface area is 210 Å². The van der Waals surface area contributed by atoms with Gasteiger partial charge in [-0.3, -0.25) is 9.48 Å². The van der Waals surface area contributed by atoms with Crippen molar-refractivity contribution in [3.05, 3.63) is 70.1 Å². The SMILES string of the molecule is CCCOc1ccc(-c2nc(C(=O)N(C)Cc3cnn(CC)c3C)c3cc(C)ccc3n2)cc1Cl. The van der Waals surface area contributed by atoms with Crippen molar-refractivity contribution in [1.82, 2.24) is 24.6 Å². The molecule has 2 aromatic carbocycles. The molecule has 0 N–H and O–H groups in total. The number of carbonyl (C=O) groups is 1. The molecule has 0 aliphatic rings. The van der Waals surface area contributed by atoms with Crippen molar-refractivity contribution in [2.24, 2.45) is 0 Å². The Morgan fingerprint density at radius 3 is 2.60 bits per heavy atom. The van der Waals surface area contributed by atoms with E-state index in [-0.39, 0.29) is 5.91 Å². The van der Waals surface area contributed by atoms with Gasteiger partial charge in [-0.1, -0.05) is 30.2 Å². The van der Waals surface area contributed by atoms with Gasteiger partial charge < -0.3 is 9.64 Å². The van der Waals surface area contributed by atoms with Gasteiger partial charge in [0.1, 0.15) is 11.4 Å². The van der Waals surface area contributed by atoms with E-state index in [2.05, 4.69) is 5.10 Å². The fraction of sp³-hybridized carbons (Fsp3) is 0.333. The molecule has 1 amide bonds. The highest BCUT2D eigenvalue weighted by molar-refractivity contribution is 6.32. The number of halogens is 1. The fourth-order valence-corrected chi connectivity index (χ4v) is 4.21. The number of aromatic nitrogens is 4. The molecule has 35 heavy (non-hydrogen) atoms. The Bertz CT molecular complexity index is 1380. The number of fused-ring (bicyclic) bond motifs is 1. The molecule has 0 saturated heterocycles. The number of benzene rings is 2. The first-order valence-corrected chi connectivity index (χ1v) is 12.2. The maximum absolute atomic E-state index is 13.6. The van der Waals surface area contributed by atoms with Crippen LogP contribution < -0.4 is 4.74 Å². The second kappa shape index (κ2) is 10.4. The van der Waals surface area contributed by atoms with Crippen LogP contribution in [0.3, 0.4) is 0 Å². The monoisotopic (exact) mass is 491 g/mol. The van der Waals surface area contributed by atoms with Gasteiger partial charge in [-0.25, -0.2) is 9.97 Å². The van der Waals surface area contributed by atoms with E-state index in [0.29, 0.717) is 41.0 Å². The van der Waals surface area contributed by atoms with Crippen LogP contribution >= 0.6 is 11.6 Å². The summed E-state index contributed by atoms with van der Waals surface area (Å²) in [6.45, 7) is 9.91. The lowest BCUT2D eigenvalue weighted by atomic mass is 10.1. The number of amides is 1. The number of hydrogen-bond acceptors (Lipinski definition) is 5. The van der Waals surface area contributed by atoms with Gasteiger partial charge in [0.25, 0.3) is 5.91 Å². The molecule has 0 aliphatic carbocycles. The second-order valence-corrected chi connectivity index (χ2v) is 9.05. The lowest BCUT2D eigenvalue weighted by Gasteiger charge is -2.18. The summed E-state index contributed by atoms with van der Waals surface area (Å²) in [5.41, 5.74) is 4.88. The normalized spacial score (nSPS) is 11.1. The van der Waals surface area contributed by atoms with Crippen molar-refractivity contribution < 1.29 is 9.53 Å². The molecule has 0 bridgehead atoms. The zero-order valence-electron chi connectivity index (χ0n) is 20.8. The third kappa shape index (κ3) is 5.15. The van der Waals surface area contributed by atoms with Gasteiger partial charge in [0.05, 0.1) is 23.3 Å². The second-order valence-electron chi connectivity index (χ2n) is 8.64. The lowest BCUT2D eigenvalue weighted by Crippen LogP contribution is -2.28. The molecule has 0 spiro atoms. The highest BCUT2D eigenvalue weighted by atomic mass is 35.5. The van der Waals surface area contributed by atoms with E-state index in [9.17, 15) is 4.79 Å². The Hall–Kier alpha value is -3.45. The van der Waals surface area contributed by atoms with Gasteiger partial charge in [0.15, 0.2) is 5.82 Å². The van der Waals surface area contributed by atoms with E-state index < -0.39 is 0 Å². The molecule has 4 rings (SSSR count). The van der Waals surface area contributed by atoms with Gasteiger partial charge in [0, 0.05) is 42.3 Å². The lowest BCUT2D eigenvalue weighted by molar-refractivity contribution is 0.0781. The summed E-state index contributed by atoms with van der Waals surface area (Å²) < 4.78 is 7.61. The zero-order valence-corrected chi connectivity index (χ0v) is 21.6. The number of hydrogen-bond donors (Lipinski definition) is 0. The van der Waals surface area contributed by atoms with E-state index in [1.54, 1.807) is 18.0 Å². The van der Waals surface area contributed by atoms with Crippen molar-refractivity contribution in [2.45, 2.75) is 47.2 Å². The highest BCUT2D eigenvalue weighted by Crippen LogP contribution is 2.31. The van der Waals surface area contributed by atoms with Crippen molar-refractivity contribution in [1.29, 1.82) is 0 Å². The summed E-state index contributed by atoms with van der Waals surface area (Å²) >= 11 is 6.46. The number of nitrogens with zero attached hydrogens (tertiary/aromatic N) is 5. The van der Waals surface area contributed by atoms with Gasteiger partial charge in [-0.05, 0) is 57.5 Å². The summed E-state index contributed by atoms with van der Waals surface area (Å²) in [6.07, 6.45) is 2.71. The molecule has 2 aromatic heterocycles. The van der Waals surface area contributed by atoms with Crippen LogP contribution in [-0.4, -0.2) is 44.2 Å². The number of aryl methyl sites for hydroxylation is 2. The molecule has 2 heterocycles. The minimum atomic E-state index is -0.179. The van der Waals surface area contributed by atoms with Gasteiger partial charge in [-0.15, -0.1) is 0 Å². The molecule has 0 atom stereocenters. The largest absolute Gasteiger partial charge is 0.492 e. The van der Waals surface area contributed by atoms with Crippen LogP contribution in [0.15, 0.2) is 42.6 Å². The van der Waals surface area contributed by atoms with Crippen molar-refractivity contribution in [2.75, 3.05) is 13.7 Å². The van der Waals surface area contributed by atoms with Crippen LogP contribution in [0, 0.1) is 13.8 Å². The third-order valence-corrected chi connectivity index (χ3v) is 6.26. The molecule has 0 saturated carbocycles. The molecule has 0 aliphatic heterocycles. The maximum Gasteiger partial charge on any atom is 0.273 e. The Morgan fingerprint density at radius 2 is 1.91 bits per heavy atom. The molecule has 0 unspecified atom stereocenters. The van der Waals surface area contributed by atoms with E-state index in [4.69, 9.17) is 26.3 Å². The maximum atomic E-state index is 13.6. The van der Waals surface area contributed by atoms with Gasteiger partial charge >= 0.3 is 0 Å². The summed E-state index contributed by atoms with van der Waals surface area (Å²) in [5, 5.41) is 5.60. The molecule has 182 valence electrons. The quantitative estimate of drug-likeness (QED) is 0.309. The van der Waals surface area contributed by atoms with E-state index in [0.717, 1.165) is 40.7 Å². The first kappa shape index (κ1) is 24.7. The zero-order chi connectivity index (χ0) is 25.1. The Morgan fingerprint density at radius 1 is 1.11 bits per heavy atom. The number of rotatable bonds is 8. The minimum absolute atomic E-state index is 0.179. The molecule has 0 radical (unpaired) electrons. The van der Waals surface area contributed by atoms with Crippen molar-refractivity contribution in [3.8, 4) is 17.1 Å². The van der Waals surface area contributed by atoms with E-state index in [1.807, 2.05) is 68.9 Å². The molecule has 7 nitrogen and oxygen atoms in total. The highest BCUT2D eigenvalue weighted by Gasteiger charge is 2.21. The number of ether oxygens (including phenoxy) is 1. The van der Waals surface area contributed by atoms with E-state index >= 15 is 0 Å². The van der Waals surface area contributed by atoms with Crippen LogP contribution in [0.2, 0.25) is 5.02 Å². The van der Waals surface area contributed by atoms with Crippen LogP contribution in [0.5, 0.6) is 5.75 Å². The molecule has 8 heteroatoms. The van der Waals surface area contributed by atoms with Crippen molar-refractivity contribution >= 4 is 28.4 Å². The Kier molecular flexibility index (Phi) is 7.36. The minimum Gasteiger partial charge on any atom is -0.492 e. The third-order valence-electron chi connectivity index (χ3n) is 5.96. The summed E-state index contributed by atoms with van der Waals surface area (Å²) in [4.78, 5) is 24.8. The predicted octanol–water partition coefficient (Wildman–Crippen LogP) is 5.84. The summed E-state index contributed by atoms with van der Waals surface area (Å²) in [6, 6.07) is 11.3. The summed E-state index contributed by atoms with van der Waals surface area (Å²) in [5.74, 6) is 0.881. The smallest absolute Gasteiger partial charge is 0.273 e. The molecule has 4 aromatic rings.